The van der Waals surface area contributed by atoms with Crippen LogP contribution in [0.2, 0.25) is 0 Å². The molecule has 1 aliphatic carbocycles. The van der Waals surface area contributed by atoms with Crippen LogP contribution < -0.4 is 5.73 Å². The number of aliphatic hydroxyl groups is 1. The average molecular weight is 253 g/mol. The summed E-state index contributed by atoms with van der Waals surface area (Å²) in [7, 11) is 0. The molecule has 2 aromatic heterocycles. The lowest BCUT2D eigenvalue weighted by Gasteiger charge is -1.95. The number of nitrogens with zero attached hydrogens (tertiary/aromatic N) is 4. The first kappa shape index (κ1) is 11.0. The number of halogens is 2. The number of nitrogen functional groups attached to an aromatic ring is 1. The fourth-order valence-corrected chi connectivity index (χ4v) is 1.86. The van der Waals surface area contributed by atoms with E-state index in [4.69, 9.17) is 10.8 Å². The summed E-state index contributed by atoms with van der Waals surface area (Å²) in [6.45, 7) is -0.581. The molecule has 1 unspecified atom stereocenters. The summed E-state index contributed by atoms with van der Waals surface area (Å²) >= 11 is 0. The zero-order valence-corrected chi connectivity index (χ0v) is 9.09. The van der Waals surface area contributed by atoms with Gasteiger partial charge < -0.3 is 10.8 Å². The van der Waals surface area contributed by atoms with Crippen molar-refractivity contribution >= 4 is 23.2 Å². The van der Waals surface area contributed by atoms with Crippen LogP contribution in [0.3, 0.4) is 0 Å². The van der Waals surface area contributed by atoms with Crippen LogP contribution in [0, 0.1) is 5.92 Å². The normalized spacial score (nSPS) is 23.7. The summed E-state index contributed by atoms with van der Waals surface area (Å²) in [5, 5.41) is 8.81. The van der Waals surface area contributed by atoms with E-state index in [1.165, 1.54) is 23.4 Å². The molecule has 2 aromatic rings. The summed E-state index contributed by atoms with van der Waals surface area (Å²) in [6, 6.07) is 0. The Kier molecular flexibility index (Phi) is 2.11. The maximum absolute atomic E-state index is 13.2. The van der Waals surface area contributed by atoms with Crippen molar-refractivity contribution in [3.63, 3.8) is 0 Å². The molecule has 0 spiro atoms. The van der Waals surface area contributed by atoms with Gasteiger partial charge in [-0.1, -0.05) is 0 Å². The first-order chi connectivity index (χ1) is 8.55. The van der Waals surface area contributed by atoms with Gasteiger partial charge in [0.15, 0.2) is 17.0 Å². The van der Waals surface area contributed by atoms with Gasteiger partial charge in [0, 0.05) is 11.8 Å². The predicted molar refractivity (Wildman–Crippen MR) is 59.5 cm³/mol. The van der Waals surface area contributed by atoms with E-state index in [0.29, 0.717) is 11.2 Å². The number of hydrogen-bond donors (Lipinski definition) is 2. The highest BCUT2D eigenvalue weighted by atomic mass is 19.3. The summed E-state index contributed by atoms with van der Waals surface area (Å²) in [4.78, 5) is 11.7. The van der Waals surface area contributed by atoms with Gasteiger partial charge in [-0.3, -0.25) is 4.57 Å². The lowest BCUT2D eigenvalue weighted by atomic mass is 10.4. The van der Waals surface area contributed by atoms with Crippen molar-refractivity contribution in [2.24, 2.45) is 5.92 Å². The molecular formula is C10H9F2N5O. The van der Waals surface area contributed by atoms with Crippen LogP contribution in [0.4, 0.5) is 14.6 Å². The van der Waals surface area contributed by atoms with E-state index in [0.717, 1.165) is 0 Å². The molecular weight excluding hydrogens is 244 g/mol. The van der Waals surface area contributed by atoms with Gasteiger partial charge in [-0.05, 0) is 0 Å². The second-order valence-electron chi connectivity index (χ2n) is 4.03. The van der Waals surface area contributed by atoms with Gasteiger partial charge in [0.1, 0.15) is 12.7 Å². The second kappa shape index (κ2) is 3.45. The molecule has 1 fully saturated rings. The summed E-state index contributed by atoms with van der Waals surface area (Å²) in [6.07, 6.45) is 3.80. The maximum Gasteiger partial charge on any atom is 0.280 e. The van der Waals surface area contributed by atoms with Crippen LogP contribution in [-0.2, 0) is 0 Å². The lowest BCUT2D eigenvalue weighted by Crippen LogP contribution is -1.96. The van der Waals surface area contributed by atoms with Crippen molar-refractivity contribution in [1.82, 2.24) is 19.5 Å². The Hall–Kier alpha value is -2.09. The van der Waals surface area contributed by atoms with Crippen LogP contribution in [0.25, 0.3) is 17.4 Å². The molecule has 8 heteroatoms. The molecule has 1 saturated carbocycles. The Labute approximate surface area is 99.8 Å². The molecule has 0 radical (unpaired) electrons. The number of aliphatic hydroxyl groups excluding tert-OH is 1. The smallest absolute Gasteiger partial charge is 0.280 e. The quantitative estimate of drug-likeness (QED) is 0.813. The lowest BCUT2D eigenvalue weighted by molar-refractivity contribution is 0.0890. The second-order valence-corrected chi connectivity index (χ2v) is 4.03. The predicted octanol–water partition coefficient (Wildman–Crippen LogP) is 0.507. The Bertz CT molecular complexity index is 651. The molecule has 1 aliphatic rings. The van der Waals surface area contributed by atoms with Gasteiger partial charge in [-0.15, -0.1) is 0 Å². The highest BCUT2D eigenvalue weighted by Crippen LogP contribution is 2.54. The van der Waals surface area contributed by atoms with E-state index in [9.17, 15) is 8.78 Å². The van der Waals surface area contributed by atoms with Gasteiger partial charge in [-0.25, -0.2) is 23.7 Å². The highest BCUT2D eigenvalue weighted by Gasteiger charge is 2.63. The molecule has 18 heavy (non-hydrogen) atoms. The number of imidazole rings is 1. The molecule has 1 atom stereocenters. The largest absolute Gasteiger partial charge is 0.395 e. The first-order valence-corrected chi connectivity index (χ1v) is 5.19. The van der Waals surface area contributed by atoms with Crippen LogP contribution in [0.15, 0.2) is 18.2 Å². The van der Waals surface area contributed by atoms with Gasteiger partial charge >= 0.3 is 0 Å². The van der Waals surface area contributed by atoms with Crippen molar-refractivity contribution in [2.45, 2.75) is 5.92 Å². The Morgan fingerprint density at radius 2 is 2.22 bits per heavy atom. The highest BCUT2D eigenvalue weighted by molar-refractivity contribution is 5.82. The van der Waals surface area contributed by atoms with Crippen LogP contribution in [0.5, 0.6) is 0 Å². The fourth-order valence-electron chi connectivity index (χ4n) is 1.86. The zero-order chi connectivity index (χ0) is 12.9. The molecule has 94 valence electrons. The maximum atomic E-state index is 13.2. The van der Waals surface area contributed by atoms with E-state index in [1.54, 1.807) is 0 Å². The van der Waals surface area contributed by atoms with Crippen LogP contribution in [-0.4, -0.2) is 37.2 Å². The molecule has 0 aromatic carbocycles. The monoisotopic (exact) mass is 253 g/mol. The fraction of sp³-hybridized carbons (Fsp3) is 0.300. The minimum atomic E-state index is -2.95. The summed E-state index contributed by atoms with van der Waals surface area (Å²) in [5.74, 6) is -3.88. The third-order valence-electron chi connectivity index (χ3n) is 2.96. The van der Waals surface area contributed by atoms with Crippen molar-refractivity contribution in [1.29, 1.82) is 0 Å². The third kappa shape index (κ3) is 1.39. The zero-order valence-electron chi connectivity index (χ0n) is 9.09. The van der Waals surface area contributed by atoms with E-state index < -0.39 is 18.4 Å². The Morgan fingerprint density at radius 1 is 1.44 bits per heavy atom. The van der Waals surface area contributed by atoms with Gasteiger partial charge in [-0.2, -0.15) is 0 Å². The van der Waals surface area contributed by atoms with Crippen molar-refractivity contribution < 1.29 is 13.9 Å². The average Bonchev–Trinajstić information content (AvgIpc) is 2.69. The Morgan fingerprint density at radius 3 is 2.89 bits per heavy atom. The SMILES string of the molecule is Nc1ncnc2c1ncn2/C=C1/C(CO)C1(F)F. The number of fused-ring (bicyclic) bond motifs is 1. The standard InChI is InChI=1S/C10H9F2N5O/c11-10(12)5(6(10)2-18)1-17-4-16-7-8(13)14-3-15-9(7)17/h1,3-4,6,18H,2H2,(H2,13,14,15)/b5-1-. The van der Waals surface area contributed by atoms with Crippen molar-refractivity contribution in [3.05, 3.63) is 18.2 Å². The summed E-state index contributed by atoms with van der Waals surface area (Å²) < 4.78 is 27.8. The van der Waals surface area contributed by atoms with Crippen LogP contribution >= 0.6 is 0 Å². The molecule has 0 amide bonds. The molecule has 3 rings (SSSR count). The van der Waals surface area contributed by atoms with E-state index >= 15 is 0 Å². The van der Waals surface area contributed by atoms with Crippen LogP contribution in [0.1, 0.15) is 0 Å². The number of aromatic nitrogens is 4. The molecule has 6 nitrogen and oxygen atoms in total. The minimum absolute atomic E-state index is 0.138. The molecule has 0 aliphatic heterocycles. The molecule has 0 saturated heterocycles. The van der Waals surface area contributed by atoms with E-state index in [2.05, 4.69) is 15.0 Å². The Balaban J connectivity index is 2.08. The topological polar surface area (TPSA) is 89.9 Å². The number of hydrogen-bond acceptors (Lipinski definition) is 5. The minimum Gasteiger partial charge on any atom is -0.395 e. The van der Waals surface area contributed by atoms with Gasteiger partial charge in [0.25, 0.3) is 5.92 Å². The first-order valence-electron chi connectivity index (χ1n) is 5.19. The van der Waals surface area contributed by atoms with Gasteiger partial charge in [0.2, 0.25) is 0 Å². The number of alkyl halides is 2. The number of anilines is 1. The molecule has 0 bridgehead atoms. The number of rotatable bonds is 2. The van der Waals surface area contributed by atoms with E-state index in [-0.39, 0.29) is 11.4 Å². The van der Waals surface area contributed by atoms with E-state index in [1.807, 2.05) is 0 Å². The van der Waals surface area contributed by atoms with Gasteiger partial charge in [0.05, 0.1) is 12.5 Å². The van der Waals surface area contributed by atoms with Crippen molar-refractivity contribution in [2.75, 3.05) is 12.3 Å². The molecule has 2 heterocycles. The third-order valence-corrected chi connectivity index (χ3v) is 2.96. The van der Waals surface area contributed by atoms with Crippen molar-refractivity contribution in [3.8, 4) is 0 Å². The molecule has 3 N–H and O–H groups in total. The summed E-state index contributed by atoms with van der Waals surface area (Å²) in [5.41, 5.74) is 6.17. The number of nitrogens with two attached hydrogens (primary N) is 1.